The summed E-state index contributed by atoms with van der Waals surface area (Å²) in [5, 5.41) is 14.8. The van der Waals surface area contributed by atoms with Gasteiger partial charge in [0.25, 0.3) is 5.91 Å². The molecule has 1 aromatic heterocycles. The molecule has 0 radical (unpaired) electrons. The SMILES string of the molecule is O=C(O)C1=CSC2C(=Cc3cc4n(n3)CCC4)C(=O)N12. The smallest absolute Gasteiger partial charge is 0.353 e. The maximum Gasteiger partial charge on any atom is 0.353 e. The minimum Gasteiger partial charge on any atom is -0.477 e. The van der Waals surface area contributed by atoms with E-state index >= 15 is 0 Å². The summed E-state index contributed by atoms with van der Waals surface area (Å²) in [5.74, 6) is -1.30. The number of fused-ring (bicyclic) bond motifs is 2. The number of hydrogen-bond acceptors (Lipinski definition) is 4. The second-order valence-corrected chi connectivity index (χ2v) is 5.91. The molecule has 0 bridgehead atoms. The van der Waals surface area contributed by atoms with Crippen molar-refractivity contribution >= 4 is 29.7 Å². The molecule has 6 nitrogen and oxygen atoms in total. The molecule has 0 aromatic carbocycles. The molecule has 4 heterocycles. The van der Waals surface area contributed by atoms with Gasteiger partial charge in [-0.15, -0.1) is 11.8 Å². The van der Waals surface area contributed by atoms with Crippen molar-refractivity contribution in [1.29, 1.82) is 0 Å². The van der Waals surface area contributed by atoms with Crippen molar-refractivity contribution in [3.63, 3.8) is 0 Å². The van der Waals surface area contributed by atoms with E-state index in [2.05, 4.69) is 5.10 Å². The summed E-state index contributed by atoms with van der Waals surface area (Å²) in [4.78, 5) is 24.4. The summed E-state index contributed by atoms with van der Waals surface area (Å²) >= 11 is 1.35. The van der Waals surface area contributed by atoms with Crippen LogP contribution in [0.25, 0.3) is 6.08 Å². The third kappa shape index (κ3) is 1.49. The summed E-state index contributed by atoms with van der Waals surface area (Å²) < 4.78 is 1.97. The monoisotopic (exact) mass is 289 g/mol. The van der Waals surface area contributed by atoms with Crippen molar-refractivity contribution in [2.24, 2.45) is 0 Å². The molecule has 1 amide bonds. The van der Waals surface area contributed by atoms with E-state index in [1.165, 1.54) is 27.8 Å². The van der Waals surface area contributed by atoms with Crippen molar-refractivity contribution in [3.05, 3.63) is 34.1 Å². The van der Waals surface area contributed by atoms with E-state index in [-0.39, 0.29) is 17.0 Å². The third-order valence-electron chi connectivity index (χ3n) is 3.74. The Hall–Kier alpha value is -2.02. The van der Waals surface area contributed by atoms with E-state index in [9.17, 15) is 9.59 Å². The second-order valence-electron chi connectivity index (χ2n) is 4.96. The van der Waals surface area contributed by atoms with Crippen LogP contribution in [0.2, 0.25) is 0 Å². The highest BCUT2D eigenvalue weighted by atomic mass is 32.2. The third-order valence-corrected chi connectivity index (χ3v) is 4.82. The summed E-state index contributed by atoms with van der Waals surface area (Å²) in [7, 11) is 0. The minimum atomic E-state index is -1.06. The molecule has 1 unspecified atom stereocenters. The zero-order chi connectivity index (χ0) is 13.9. The maximum absolute atomic E-state index is 12.0. The number of carbonyl (C=O) groups excluding carboxylic acids is 1. The zero-order valence-corrected chi connectivity index (χ0v) is 11.3. The van der Waals surface area contributed by atoms with Crippen LogP contribution >= 0.6 is 11.8 Å². The van der Waals surface area contributed by atoms with Gasteiger partial charge in [0.15, 0.2) is 0 Å². The van der Waals surface area contributed by atoms with Gasteiger partial charge in [-0.25, -0.2) is 4.79 Å². The van der Waals surface area contributed by atoms with E-state index in [4.69, 9.17) is 5.11 Å². The first kappa shape index (κ1) is 11.8. The average Bonchev–Trinajstić information content (AvgIpc) is 3.07. The quantitative estimate of drug-likeness (QED) is 0.650. The Labute approximate surface area is 118 Å². The lowest BCUT2D eigenvalue weighted by molar-refractivity contribution is -0.141. The van der Waals surface area contributed by atoms with Crippen molar-refractivity contribution in [2.75, 3.05) is 0 Å². The Bertz CT molecular complexity index is 682. The molecule has 1 aromatic rings. The van der Waals surface area contributed by atoms with Gasteiger partial charge in [0.05, 0.1) is 11.3 Å². The van der Waals surface area contributed by atoms with Crippen LogP contribution in [0.1, 0.15) is 17.8 Å². The van der Waals surface area contributed by atoms with Crippen LogP contribution in [0.5, 0.6) is 0 Å². The van der Waals surface area contributed by atoms with E-state index in [1.807, 2.05) is 10.7 Å². The lowest BCUT2D eigenvalue weighted by Crippen LogP contribution is -2.51. The number of carboxylic acid groups (broad SMARTS) is 1. The molecule has 1 saturated heterocycles. The van der Waals surface area contributed by atoms with E-state index < -0.39 is 5.97 Å². The fourth-order valence-corrected chi connectivity index (χ4v) is 3.90. The Balaban J connectivity index is 1.61. The van der Waals surface area contributed by atoms with Gasteiger partial charge in [-0.05, 0) is 25.0 Å². The van der Waals surface area contributed by atoms with Gasteiger partial charge in [-0.2, -0.15) is 5.10 Å². The molecular formula is C13H11N3O3S. The zero-order valence-electron chi connectivity index (χ0n) is 10.4. The predicted octanol–water partition coefficient (Wildman–Crippen LogP) is 1.05. The van der Waals surface area contributed by atoms with E-state index in [1.54, 1.807) is 6.08 Å². The van der Waals surface area contributed by atoms with Crippen molar-refractivity contribution in [2.45, 2.75) is 24.8 Å². The Kier molecular flexibility index (Phi) is 2.35. The lowest BCUT2D eigenvalue weighted by atomic mass is 10.0. The van der Waals surface area contributed by atoms with Gasteiger partial charge in [-0.3, -0.25) is 14.4 Å². The van der Waals surface area contributed by atoms with Crippen LogP contribution in [-0.2, 0) is 22.6 Å². The van der Waals surface area contributed by atoms with Gasteiger partial charge >= 0.3 is 5.97 Å². The number of carbonyl (C=O) groups is 2. The summed E-state index contributed by atoms with van der Waals surface area (Å²) in [6.45, 7) is 0.932. The highest BCUT2D eigenvalue weighted by molar-refractivity contribution is 8.03. The molecule has 0 aliphatic carbocycles. The lowest BCUT2D eigenvalue weighted by Gasteiger charge is -2.36. The molecule has 3 aliphatic rings. The van der Waals surface area contributed by atoms with Crippen LogP contribution in [0.4, 0.5) is 0 Å². The molecule has 102 valence electrons. The van der Waals surface area contributed by atoms with E-state index in [0.29, 0.717) is 5.57 Å². The van der Waals surface area contributed by atoms with Crippen LogP contribution in [0.15, 0.2) is 22.7 Å². The first-order chi connectivity index (χ1) is 9.65. The van der Waals surface area contributed by atoms with Gasteiger partial charge in [0.1, 0.15) is 11.1 Å². The van der Waals surface area contributed by atoms with Crippen molar-refractivity contribution in [1.82, 2.24) is 14.7 Å². The Morgan fingerprint density at radius 1 is 1.55 bits per heavy atom. The number of carboxylic acids is 1. The maximum atomic E-state index is 12.0. The second kappa shape index (κ2) is 3.99. The first-order valence-corrected chi connectivity index (χ1v) is 7.30. The number of amides is 1. The number of hydrogen-bond donors (Lipinski definition) is 1. The molecule has 20 heavy (non-hydrogen) atoms. The highest BCUT2D eigenvalue weighted by Gasteiger charge is 2.49. The molecule has 1 N–H and O–H groups in total. The topological polar surface area (TPSA) is 75.4 Å². The first-order valence-electron chi connectivity index (χ1n) is 6.36. The largest absolute Gasteiger partial charge is 0.477 e. The Morgan fingerprint density at radius 2 is 2.40 bits per heavy atom. The standard InChI is InChI=1S/C13H11N3O3S/c17-11-9(12-16(11)10(6-20-12)13(18)19)5-7-4-8-2-1-3-15(8)14-7/h4-6,12H,1-3H2,(H,18,19). The molecular weight excluding hydrogens is 278 g/mol. The van der Waals surface area contributed by atoms with Gasteiger partial charge in [0, 0.05) is 17.6 Å². The highest BCUT2D eigenvalue weighted by Crippen LogP contribution is 2.45. The summed E-state index contributed by atoms with van der Waals surface area (Å²) in [5.41, 5.74) is 2.67. The number of thioether (sulfide) groups is 1. The minimum absolute atomic E-state index is 0.0643. The summed E-state index contributed by atoms with van der Waals surface area (Å²) in [6, 6.07) is 2.00. The van der Waals surface area contributed by atoms with Gasteiger partial charge in [-0.1, -0.05) is 0 Å². The number of aromatic nitrogens is 2. The molecule has 1 fully saturated rings. The normalized spacial score (nSPS) is 25.5. The molecule has 4 rings (SSSR count). The van der Waals surface area contributed by atoms with Crippen molar-refractivity contribution in [3.8, 4) is 0 Å². The number of aliphatic carboxylic acids is 1. The molecule has 3 aliphatic heterocycles. The fourth-order valence-electron chi connectivity index (χ4n) is 2.78. The number of β-lactam (4-membered cyclic amide) rings is 1. The number of nitrogens with zero attached hydrogens (tertiary/aromatic N) is 3. The molecule has 0 saturated carbocycles. The van der Waals surface area contributed by atoms with E-state index in [0.717, 1.165) is 25.1 Å². The van der Waals surface area contributed by atoms with Crippen LogP contribution < -0.4 is 0 Å². The van der Waals surface area contributed by atoms with Gasteiger partial charge in [0.2, 0.25) is 0 Å². The van der Waals surface area contributed by atoms with Crippen molar-refractivity contribution < 1.29 is 14.7 Å². The molecule has 0 spiro atoms. The number of rotatable bonds is 2. The van der Waals surface area contributed by atoms with Crippen LogP contribution in [0.3, 0.4) is 0 Å². The summed E-state index contributed by atoms with van der Waals surface area (Å²) in [6.07, 6.45) is 3.93. The van der Waals surface area contributed by atoms with Crippen LogP contribution in [0, 0.1) is 0 Å². The predicted molar refractivity (Wildman–Crippen MR) is 72.5 cm³/mol. The average molecular weight is 289 g/mol. The number of aryl methyl sites for hydroxylation is 2. The fraction of sp³-hybridized carbons (Fsp3) is 0.308. The Morgan fingerprint density at radius 3 is 3.15 bits per heavy atom. The molecule has 1 atom stereocenters. The molecule has 7 heteroatoms. The van der Waals surface area contributed by atoms with Crippen LogP contribution in [-0.4, -0.2) is 37.0 Å². The van der Waals surface area contributed by atoms with Gasteiger partial charge < -0.3 is 5.11 Å².